The van der Waals surface area contributed by atoms with Crippen molar-refractivity contribution in [3.05, 3.63) is 84.9 Å². The van der Waals surface area contributed by atoms with Gasteiger partial charge in [0.2, 0.25) is 0 Å². The lowest BCUT2D eigenvalue weighted by molar-refractivity contribution is -0.387. The number of benzene rings is 3. The molecule has 0 aliphatic carbocycles. The van der Waals surface area contributed by atoms with Crippen LogP contribution in [0.3, 0.4) is 0 Å². The van der Waals surface area contributed by atoms with Gasteiger partial charge in [-0.05, 0) is 36.4 Å². The first kappa shape index (κ1) is 26.9. The van der Waals surface area contributed by atoms with Crippen molar-refractivity contribution in [3.63, 3.8) is 0 Å². The van der Waals surface area contributed by atoms with Crippen molar-refractivity contribution in [3.8, 4) is 0 Å². The minimum absolute atomic E-state index is 0.0196. The minimum Gasteiger partial charge on any atom is -0.399 e. The molecule has 36 heavy (non-hydrogen) atoms. The van der Waals surface area contributed by atoms with Crippen LogP contribution in [0.25, 0.3) is 0 Å². The van der Waals surface area contributed by atoms with Crippen molar-refractivity contribution in [2.45, 2.75) is 14.7 Å². The summed E-state index contributed by atoms with van der Waals surface area (Å²) in [6.45, 7) is 0.449. The second-order valence-electron chi connectivity index (χ2n) is 7.13. The molecule has 3 aromatic carbocycles. The van der Waals surface area contributed by atoms with E-state index >= 15 is 0 Å². The number of nitrogen functional groups attached to an aromatic ring is 1. The van der Waals surface area contributed by atoms with E-state index in [2.05, 4.69) is 23.3 Å². The van der Waals surface area contributed by atoms with E-state index in [9.17, 15) is 30.3 Å². The fourth-order valence-corrected chi connectivity index (χ4v) is 5.15. The van der Waals surface area contributed by atoms with Crippen LogP contribution in [0.1, 0.15) is 0 Å². The number of nitrogens with zero attached hydrogens (tertiary/aromatic N) is 3. The Balaban J connectivity index is 1.60. The Bertz CT molecular complexity index is 1310. The summed E-state index contributed by atoms with van der Waals surface area (Å²) in [4.78, 5) is 33.2. The first-order chi connectivity index (χ1) is 17.2. The number of nitrogens with one attached hydrogen (secondary N) is 2. The van der Waals surface area contributed by atoms with Crippen LogP contribution in [0.5, 0.6) is 0 Å². The van der Waals surface area contributed by atoms with Crippen LogP contribution in [0.4, 0.5) is 34.1 Å². The number of nitro benzene ring substituents is 3. The quantitative estimate of drug-likeness (QED) is 0.0418. The highest BCUT2D eigenvalue weighted by molar-refractivity contribution is 7.99. The Kier molecular flexibility index (Phi) is 9.21. The molecule has 0 saturated carbocycles. The molecule has 0 spiro atoms. The zero-order valence-electron chi connectivity index (χ0n) is 18.4. The van der Waals surface area contributed by atoms with Gasteiger partial charge in [0.05, 0.1) is 35.3 Å². The largest absolute Gasteiger partial charge is 0.399 e. The summed E-state index contributed by atoms with van der Waals surface area (Å²) < 4.78 is 0. The molecule has 0 aliphatic heterocycles. The molecule has 0 amide bonds. The van der Waals surface area contributed by atoms with Gasteiger partial charge in [-0.25, -0.2) is 0 Å². The van der Waals surface area contributed by atoms with Crippen molar-refractivity contribution in [1.82, 2.24) is 0 Å². The Morgan fingerprint density at radius 1 is 0.750 bits per heavy atom. The summed E-state index contributed by atoms with van der Waals surface area (Å²) in [7, 11) is 0. The molecule has 15 heteroatoms. The van der Waals surface area contributed by atoms with Crippen LogP contribution in [0.15, 0.2) is 69.3 Å². The number of rotatable bonds is 12. The van der Waals surface area contributed by atoms with Gasteiger partial charge >= 0.3 is 0 Å². The van der Waals surface area contributed by atoms with Gasteiger partial charge in [0, 0.05) is 47.6 Å². The lowest BCUT2D eigenvalue weighted by Crippen LogP contribution is -2.05. The molecule has 0 heterocycles. The van der Waals surface area contributed by atoms with Gasteiger partial charge in [0.15, 0.2) is 0 Å². The van der Waals surface area contributed by atoms with Gasteiger partial charge in [-0.3, -0.25) is 30.3 Å². The SMILES string of the molecule is Nc1ccc([N+](=O)[O-])c(SCCNc2ccc([N+](=O)[O-])c(SCNc3ccc([N+](=O)[O-])c(S)c3)c2)c1. The van der Waals surface area contributed by atoms with E-state index in [1.54, 1.807) is 18.2 Å². The zero-order valence-corrected chi connectivity index (χ0v) is 21.0. The molecule has 0 aliphatic rings. The van der Waals surface area contributed by atoms with E-state index < -0.39 is 14.8 Å². The topological polar surface area (TPSA) is 180 Å². The second-order valence-corrected chi connectivity index (χ2v) is 9.76. The maximum Gasteiger partial charge on any atom is 0.283 e. The van der Waals surface area contributed by atoms with Crippen LogP contribution >= 0.6 is 36.2 Å². The van der Waals surface area contributed by atoms with Crippen molar-refractivity contribution >= 4 is 70.3 Å². The normalized spacial score (nSPS) is 10.6. The van der Waals surface area contributed by atoms with Crippen LogP contribution in [-0.4, -0.2) is 32.9 Å². The van der Waals surface area contributed by atoms with Crippen molar-refractivity contribution in [2.24, 2.45) is 0 Å². The van der Waals surface area contributed by atoms with Crippen LogP contribution in [-0.2, 0) is 0 Å². The van der Waals surface area contributed by atoms with Crippen molar-refractivity contribution < 1.29 is 14.8 Å². The minimum atomic E-state index is -0.530. The molecule has 4 N–H and O–H groups in total. The molecular formula is C21H20N6O6S3. The fourth-order valence-electron chi connectivity index (χ4n) is 3.03. The summed E-state index contributed by atoms with van der Waals surface area (Å²) in [5, 5.41) is 39.8. The third-order valence-electron chi connectivity index (χ3n) is 4.70. The van der Waals surface area contributed by atoms with Crippen LogP contribution in [0.2, 0.25) is 0 Å². The molecule has 0 aromatic heterocycles. The molecule has 0 bridgehead atoms. The summed E-state index contributed by atoms with van der Waals surface area (Å²) in [6, 6.07) is 13.4. The first-order valence-electron chi connectivity index (χ1n) is 10.2. The molecule has 0 atom stereocenters. The van der Waals surface area contributed by atoms with Gasteiger partial charge in [0.1, 0.15) is 0 Å². The summed E-state index contributed by atoms with van der Waals surface area (Å²) >= 11 is 6.59. The standard InChI is InChI=1S/C21H20N6O6S3/c22-13-1-4-17(26(30)31)20(9-13)35-8-7-23-15-3-6-18(27(32)33)21(11-15)36-12-24-14-2-5-16(25(28)29)19(34)10-14/h1-6,9-11,23-24,34H,7-8,12,22H2. The molecular weight excluding hydrogens is 528 g/mol. The van der Waals surface area contributed by atoms with Gasteiger partial charge < -0.3 is 16.4 Å². The lowest BCUT2D eigenvalue weighted by atomic mass is 10.3. The Hall–Kier alpha value is -3.69. The van der Waals surface area contributed by atoms with Crippen molar-refractivity contribution in [1.29, 1.82) is 0 Å². The molecule has 188 valence electrons. The smallest absolute Gasteiger partial charge is 0.283 e. The van der Waals surface area contributed by atoms with E-state index in [0.29, 0.717) is 39.2 Å². The molecule has 0 radical (unpaired) electrons. The number of hydrogen-bond acceptors (Lipinski definition) is 12. The monoisotopic (exact) mass is 548 g/mol. The van der Waals surface area contributed by atoms with Gasteiger partial charge in [-0.15, -0.1) is 24.4 Å². The number of thiol groups is 1. The average Bonchev–Trinajstić information content (AvgIpc) is 2.81. The van der Waals surface area contributed by atoms with Gasteiger partial charge in [-0.2, -0.15) is 0 Å². The highest BCUT2D eigenvalue weighted by atomic mass is 32.2. The van der Waals surface area contributed by atoms with Gasteiger partial charge in [-0.1, -0.05) is 11.8 Å². The number of nitrogens with two attached hydrogens (primary N) is 1. The maximum atomic E-state index is 11.5. The average molecular weight is 549 g/mol. The van der Waals surface area contributed by atoms with E-state index in [-0.39, 0.29) is 27.8 Å². The van der Waals surface area contributed by atoms with Crippen LogP contribution in [0, 0.1) is 30.3 Å². The molecule has 3 aromatic rings. The van der Waals surface area contributed by atoms with Crippen LogP contribution < -0.4 is 16.4 Å². The fraction of sp³-hybridized carbons (Fsp3) is 0.143. The maximum absolute atomic E-state index is 11.5. The first-order valence-corrected chi connectivity index (χ1v) is 12.6. The number of anilines is 3. The number of hydrogen-bond donors (Lipinski definition) is 4. The van der Waals surface area contributed by atoms with Gasteiger partial charge in [0.25, 0.3) is 17.1 Å². The van der Waals surface area contributed by atoms with E-state index in [1.165, 1.54) is 59.9 Å². The molecule has 3 rings (SSSR count). The number of thioether (sulfide) groups is 2. The Morgan fingerprint density at radius 2 is 1.31 bits per heavy atom. The second kappa shape index (κ2) is 12.3. The number of nitro groups is 3. The molecule has 0 unspecified atom stereocenters. The lowest BCUT2D eigenvalue weighted by Gasteiger charge is -2.11. The third-order valence-corrected chi connectivity index (χ3v) is 7.03. The van der Waals surface area contributed by atoms with Crippen molar-refractivity contribution in [2.75, 3.05) is 34.5 Å². The van der Waals surface area contributed by atoms with E-state index in [0.717, 1.165) is 0 Å². The van der Waals surface area contributed by atoms with E-state index in [1.807, 2.05) is 0 Å². The zero-order chi connectivity index (χ0) is 26.2. The highest BCUT2D eigenvalue weighted by Gasteiger charge is 2.16. The molecule has 0 saturated heterocycles. The Morgan fingerprint density at radius 3 is 1.92 bits per heavy atom. The third kappa shape index (κ3) is 7.16. The highest BCUT2D eigenvalue weighted by Crippen LogP contribution is 2.34. The molecule has 0 fully saturated rings. The molecule has 12 nitrogen and oxygen atoms in total. The van der Waals surface area contributed by atoms with E-state index in [4.69, 9.17) is 5.73 Å². The summed E-state index contributed by atoms with van der Waals surface area (Å²) in [5.74, 6) is 0.766. The summed E-state index contributed by atoms with van der Waals surface area (Å²) in [5.41, 5.74) is 7.21. The predicted octanol–water partition coefficient (Wildman–Crippen LogP) is 5.65. The predicted molar refractivity (Wildman–Crippen MR) is 145 cm³/mol. The Labute approximate surface area is 218 Å². The summed E-state index contributed by atoms with van der Waals surface area (Å²) in [6.07, 6.45) is 0.